The number of benzene rings is 2. The lowest BCUT2D eigenvalue weighted by molar-refractivity contribution is -0.116. The fourth-order valence-corrected chi connectivity index (χ4v) is 3.18. The summed E-state index contributed by atoms with van der Waals surface area (Å²) in [5.74, 6) is 1.44. The van der Waals surface area contributed by atoms with Crippen molar-refractivity contribution in [3.63, 3.8) is 0 Å². The third-order valence-corrected chi connectivity index (χ3v) is 4.58. The van der Waals surface area contributed by atoms with Crippen LogP contribution in [0, 0.1) is 0 Å². The Kier molecular flexibility index (Phi) is 6.56. The molecule has 0 aliphatic carbocycles. The molecule has 0 unspecified atom stereocenters. The van der Waals surface area contributed by atoms with Crippen molar-refractivity contribution in [3.05, 3.63) is 53.6 Å². The molecule has 2 aromatic carbocycles. The minimum absolute atomic E-state index is 0.164. The van der Waals surface area contributed by atoms with Gasteiger partial charge in [-0.15, -0.1) is 0 Å². The van der Waals surface area contributed by atoms with Crippen LogP contribution < -0.4 is 19.5 Å². The van der Waals surface area contributed by atoms with E-state index < -0.39 is 0 Å². The smallest absolute Gasteiger partial charge is 0.224 e. The van der Waals surface area contributed by atoms with Crippen molar-refractivity contribution in [1.29, 1.82) is 0 Å². The zero-order chi connectivity index (χ0) is 20.8. The second-order valence-corrected chi connectivity index (χ2v) is 6.47. The van der Waals surface area contributed by atoms with Crippen molar-refractivity contribution in [2.45, 2.75) is 12.8 Å². The Morgan fingerprint density at radius 1 is 1.14 bits per heavy atom. The molecule has 0 aliphatic rings. The van der Waals surface area contributed by atoms with Crippen LogP contribution in [0.15, 0.2) is 43.0 Å². The van der Waals surface area contributed by atoms with E-state index in [2.05, 4.69) is 15.4 Å². The number of carbonyl (C=O) groups is 1. The average molecular weight is 417 g/mol. The number of carbonyl (C=O) groups excluding carboxylic acids is 1. The van der Waals surface area contributed by atoms with Gasteiger partial charge < -0.3 is 19.5 Å². The molecular formula is C20H21ClN4O4. The summed E-state index contributed by atoms with van der Waals surface area (Å²) in [5.41, 5.74) is 2.00. The lowest BCUT2D eigenvalue weighted by atomic mass is 10.1. The van der Waals surface area contributed by atoms with Crippen LogP contribution in [-0.4, -0.2) is 42.0 Å². The molecule has 0 spiro atoms. The van der Waals surface area contributed by atoms with Crippen molar-refractivity contribution >= 4 is 23.2 Å². The Morgan fingerprint density at radius 3 is 2.45 bits per heavy atom. The highest BCUT2D eigenvalue weighted by atomic mass is 35.5. The van der Waals surface area contributed by atoms with E-state index >= 15 is 0 Å². The molecule has 8 nitrogen and oxygen atoms in total. The Labute approximate surface area is 173 Å². The first-order chi connectivity index (χ1) is 14.1. The molecule has 152 valence electrons. The molecule has 1 amide bonds. The van der Waals surface area contributed by atoms with E-state index in [0.29, 0.717) is 40.1 Å². The number of nitrogens with zero attached hydrogens (tertiary/aromatic N) is 3. The van der Waals surface area contributed by atoms with Crippen LogP contribution in [0.25, 0.3) is 5.69 Å². The Balaban J connectivity index is 1.74. The van der Waals surface area contributed by atoms with E-state index in [4.69, 9.17) is 25.8 Å². The van der Waals surface area contributed by atoms with Crippen LogP contribution in [0.2, 0.25) is 5.02 Å². The summed E-state index contributed by atoms with van der Waals surface area (Å²) in [6.07, 6.45) is 3.66. The lowest BCUT2D eigenvalue weighted by Gasteiger charge is -2.14. The molecule has 1 heterocycles. The van der Waals surface area contributed by atoms with E-state index in [0.717, 1.165) is 5.56 Å². The predicted octanol–water partition coefficient (Wildman–Crippen LogP) is 3.52. The normalized spacial score (nSPS) is 10.5. The Hall–Kier alpha value is -3.26. The van der Waals surface area contributed by atoms with E-state index in [1.54, 1.807) is 39.5 Å². The quantitative estimate of drug-likeness (QED) is 0.604. The Morgan fingerprint density at radius 2 is 1.86 bits per heavy atom. The summed E-state index contributed by atoms with van der Waals surface area (Å²) < 4.78 is 17.5. The molecule has 3 aromatic rings. The van der Waals surface area contributed by atoms with Crippen LogP contribution in [0.4, 0.5) is 5.69 Å². The lowest BCUT2D eigenvalue weighted by Crippen LogP contribution is -2.14. The first-order valence-corrected chi connectivity index (χ1v) is 9.17. The zero-order valence-electron chi connectivity index (χ0n) is 16.3. The zero-order valence-corrected chi connectivity index (χ0v) is 17.1. The number of aromatic nitrogens is 3. The van der Waals surface area contributed by atoms with E-state index in [1.165, 1.54) is 17.3 Å². The first kappa shape index (κ1) is 20.5. The SMILES string of the molecule is COc1cc(CCC(=O)Nc2cccc(Cl)c2-n2cncn2)cc(OC)c1OC. The number of aryl methyl sites for hydroxylation is 1. The summed E-state index contributed by atoms with van der Waals surface area (Å²) in [6, 6.07) is 8.91. The number of methoxy groups -OCH3 is 3. The molecule has 0 atom stereocenters. The summed E-state index contributed by atoms with van der Waals surface area (Å²) >= 11 is 6.29. The van der Waals surface area contributed by atoms with Crippen LogP contribution in [-0.2, 0) is 11.2 Å². The maximum atomic E-state index is 12.6. The number of amides is 1. The highest BCUT2D eigenvalue weighted by molar-refractivity contribution is 6.33. The maximum absolute atomic E-state index is 12.6. The van der Waals surface area contributed by atoms with Gasteiger partial charge in [0.1, 0.15) is 18.3 Å². The maximum Gasteiger partial charge on any atom is 0.224 e. The molecule has 1 N–H and O–H groups in total. The summed E-state index contributed by atoms with van der Waals surface area (Å²) in [6.45, 7) is 0. The molecule has 1 aromatic heterocycles. The predicted molar refractivity (Wildman–Crippen MR) is 109 cm³/mol. The third-order valence-electron chi connectivity index (χ3n) is 4.27. The van der Waals surface area contributed by atoms with Gasteiger partial charge in [-0.3, -0.25) is 4.79 Å². The number of anilines is 1. The third kappa shape index (κ3) is 4.60. The average Bonchev–Trinajstić information content (AvgIpc) is 3.25. The van der Waals surface area contributed by atoms with Gasteiger partial charge in [0, 0.05) is 6.42 Å². The molecule has 0 radical (unpaired) electrons. The summed E-state index contributed by atoms with van der Waals surface area (Å²) in [4.78, 5) is 16.5. The van der Waals surface area contributed by atoms with Gasteiger partial charge in [-0.25, -0.2) is 9.67 Å². The fourth-order valence-electron chi connectivity index (χ4n) is 2.92. The second-order valence-electron chi connectivity index (χ2n) is 6.06. The van der Waals surface area contributed by atoms with Crippen LogP contribution in [0.1, 0.15) is 12.0 Å². The number of hydrogen-bond acceptors (Lipinski definition) is 6. The fraction of sp³-hybridized carbons (Fsp3) is 0.250. The second kappa shape index (κ2) is 9.29. The number of halogens is 1. The van der Waals surface area contributed by atoms with Crippen molar-refractivity contribution in [2.24, 2.45) is 0 Å². The van der Waals surface area contributed by atoms with Gasteiger partial charge in [-0.05, 0) is 36.2 Å². The molecule has 0 saturated heterocycles. The molecule has 0 fully saturated rings. The monoisotopic (exact) mass is 416 g/mol. The van der Waals surface area contributed by atoms with Gasteiger partial charge in [-0.1, -0.05) is 17.7 Å². The molecule has 9 heteroatoms. The van der Waals surface area contributed by atoms with E-state index in [1.807, 2.05) is 12.1 Å². The number of nitrogens with one attached hydrogen (secondary N) is 1. The molecule has 0 aliphatic heterocycles. The van der Waals surface area contributed by atoms with Crippen LogP contribution in [0.3, 0.4) is 0 Å². The first-order valence-electron chi connectivity index (χ1n) is 8.79. The number of rotatable bonds is 8. The minimum atomic E-state index is -0.164. The largest absolute Gasteiger partial charge is 0.493 e. The van der Waals surface area contributed by atoms with Crippen LogP contribution in [0.5, 0.6) is 17.2 Å². The molecular weight excluding hydrogens is 396 g/mol. The summed E-state index contributed by atoms with van der Waals surface area (Å²) in [5, 5.41) is 7.44. The molecule has 3 rings (SSSR count). The highest BCUT2D eigenvalue weighted by Gasteiger charge is 2.15. The summed E-state index contributed by atoms with van der Waals surface area (Å²) in [7, 11) is 4.66. The van der Waals surface area contributed by atoms with Gasteiger partial charge >= 0.3 is 0 Å². The highest BCUT2D eigenvalue weighted by Crippen LogP contribution is 2.38. The van der Waals surface area contributed by atoms with Gasteiger partial charge in [0.25, 0.3) is 0 Å². The molecule has 0 bridgehead atoms. The van der Waals surface area contributed by atoms with Crippen LogP contribution >= 0.6 is 11.6 Å². The van der Waals surface area contributed by atoms with Crippen molar-refractivity contribution in [3.8, 4) is 22.9 Å². The molecule has 0 saturated carbocycles. The number of ether oxygens (including phenoxy) is 3. The van der Waals surface area contributed by atoms with E-state index in [9.17, 15) is 4.79 Å². The van der Waals surface area contributed by atoms with Crippen molar-refractivity contribution in [2.75, 3.05) is 26.6 Å². The van der Waals surface area contributed by atoms with Gasteiger partial charge in [-0.2, -0.15) is 5.10 Å². The molecule has 29 heavy (non-hydrogen) atoms. The van der Waals surface area contributed by atoms with E-state index in [-0.39, 0.29) is 12.3 Å². The van der Waals surface area contributed by atoms with Gasteiger partial charge in [0.05, 0.1) is 32.0 Å². The van der Waals surface area contributed by atoms with Crippen molar-refractivity contribution in [1.82, 2.24) is 14.8 Å². The van der Waals surface area contributed by atoms with Crippen molar-refractivity contribution < 1.29 is 19.0 Å². The Bertz CT molecular complexity index is 967. The number of para-hydroxylation sites is 1. The number of hydrogen-bond donors (Lipinski definition) is 1. The van der Waals surface area contributed by atoms with Gasteiger partial charge in [0.15, 0.2) is 11.5 Å². The standard InChI is InChI=1S/C20H21ClN4O4/c1-27-16-9-13(10-17(28-2)20(16)29-3)7-8-18(26)24-15-6-4-5-14(21)19(15)25-12-22-11-23-25/h4-6,9-12H,7-8H2,1-3H3,(H,24,26). The topological polar surface area (TPSA) is 87.5 Å². The van der Waals surface area contributed by atoms with Gasteiger partial charge in [0.2, 0.25) is 11.7 Å². The minimum Gasteiger partial charge on any atom is -0.493 e.